The summed E-state index contributed by atoms with van der Waals surface area (Å²) in [6.07, 6.45) is 4.42. The van der Waals surface area contributed by atoms with Crippen LogP contribution in [-0.2, 0) is 16.0 Å². The van der Waals surface area contributed by atoms with E-state index in [-0.39, 0.29) is 23.6 Å². The van der Waals surface area contributed by atoms with Gasteiger partial charge in [0.15, 0.2) is 0 Å². The summed E-state index contributed by atoms with van der Waals surface area (Å²) in [5, 5.41) is 11.0. The normalized spacial score (nSPS) is 20.6. The fourth-order valence-corrected chi connectivity index (χ4v) is 3.11. The average molecular weight is 334 g/mol. The maximum Gasteiger partial charge on any atom is 0.277 e. The highest BCUT2D eigenvalue weighted by Crippen LogP contribution is 2.20. The van der Waals surface area contributed by atoms with Crippen molar-refractivity contribution in [3.8, 4) is 0 Å². The first-order valence-corrected chi connectivity index (χ1v) is 8.38. The Bertz CT molecular complexity index is 649. The molecule has 1 fully saturated rings. The number of carbonyl (C=O) groups excluding carboxylic acids is 1. The molecule has 8 heteroatoms. The van der Waals surface area contributed by atoms with Crippen LogP contribution in [0.25, 0.3) is 0 Å². The Kier molecular flexibility index (Phi) is 5.24. The molecule has 1 aliphatic heterocycles. The molecule has 0 bridgehead atoms. The van der Waals surface area contributed by atoms with Crippen molar-refractivity contribution in [2.45, 2.75) is 24.6 Å². The van der Waals surface area contributed by atoms with Crippen LogP contribution in [0.15, 0.2) is 34.2 Å². The minimum Gasteiger partial charge on any atom is -0.416 e. The monoisotopic (exact) mass is 334 g/mol. The molecule has 0 aromatic carbocycles. The third-order valence-electron chi connectivity index (χ3n) is 3.63. The van der Waals surface area contributed by atoms with Crippen molar-refractivity contribution in [2.75, 3.05) is 19.0 Å². The summed E-state index contributed by atoms with van der Waals surface area (Å²) in [4.78, 5) is 16.1. The molecule has 2 atom stereocenters. The Hall–Kier alpha value is -1.93. The molecule has 0 aliphatic carbocycles. The Morgan fingerprint density at radius 2 is 2.17 bits per heavy atom. The van der Waals surface area contributed by atoms with Gasteiger partial charge in [0.1, 0.15) is 0 Å². The molecule has 0 spiro atoms. The van der Waals surface area contributed by atoms with Crippen molar-refractivity contribution < 1.29 is 13.9 Å². The summed E-state index contributed by atoms with van der Waals surface area (Å²) in [6.45, 7) is 2.92. The number of pyridine rings is 1. The van der Waals surface area contributed by atoms with E-state index in [1.54, 1.807) is 19.3 Å². The number of aryl methyl sites for hydroxylation is 1. The molecule has 3 rings (SSSR count). The highest BCUT2D eigenvalue weighted by molar-refractivity contribution is 7.99. The Balaban J connectivity index is 1.48. The van der Waals surface area contributed by atoms with Gasteiger partial charge in [-0.25, -0.2) is 0 Å². The standard InChI is InChI=1S/C15H18N4O3S/c1-10-18-19-15(22-10)23-9-14(20)17-13-8-21-7-12(13)6-11-2-4-16-5-3-11/h2-5,12-13H,6-9H2,1H3,(H,17,20)/t12-,13+/m1/s1. The van der Waals surface area contributed by atoms with E-state index in [0.717, 1.165) is 6.42 Å². The van der Waals surface area contributed by atoms with Crippen LogP contribution in [-0.4, -0.2) is 46.1 Å². The fraction of sp³-hybridized carbons (Fsp3) is 0.467. The molecule has 3 heterocycles. The number of carbonyl (C=O) groups is 1. The Morgan fingerprint density at radius 3 is 2.91 bits per heavy atom. The maximum atomic E-state index is 12.1. The molecule has 122 valence electrons. The predicted molar refractivity (Wildman–Crippen MR) is 83.9 cm³/mol. The number of amides is 1. The Labute approximate surface area is 138 Å². The minimum absolute atomic E-state index is 0.0284. The number of thioether (sulfide) groups is 1. The van der Waals surface area contributed by atoms with E-state index < -0.39 is 0 Å². The smallest absolute Gasteiger partial charge is 0.277 e. The van der Waals surface area contributed by atoms with E-state index >= 15 is 0 Å². The topological polar surface area (TPSA) is 90.1 Å². The van der Waals surface area contributed by atoms with Crippen LogP contribution in [0, 0.1) is 12.8 Å². The zero-order valence-electron chi connectivity index (χ0n) is 12.8. The van der Waals surface area contributed by atoms with Gasteiger partial charge in [-0.05, 0) is 24.1 Å². The highest BCUT2D eigenvalue weighted by Gasteiger charge is 2.29. The lowest BCUT2D eigenvalue weighted by Crippen LogP contribution is -2.41. The van der Waals surface area contributed by atoms with Crippen molar-refractivity contribution in [2.24, 2.45) is 5.92 Å². The van der Waals surface area contributed by atoms with Crippen LogP contribution in [0.5, 0.6) is 0 Å². The van der Waals surface area contributed by atoms with Crippen molar-refractivity contribution in [3.63, 3.8) is 0 Å². The van der Waals surface area contributed by atoms with Crippen molar-refractivity contribution in [3.05, 3.63) is 36.0 Å². The molecule has 1 aliphatic rings. The second-order valence-corrected chi connectivity index (χ2v) is 6.33. The van der Waals surface area contributed by atoms with Gasteiger partial charge in [0.2, 0.25) is 11.8 Å². The number of nitrogens with zero attached hydrogens (tertiary/aromatic N) is 3. The SMILES string of the molecule is Cc1nnc(SCC(=O)N[C@H]2COC[C@H]2Cc2ccncc2)o1. The number of ether oxygens (including phenoxy) is 1. The largest absolute Gasteiger partial charge is 0.416 e. The third-order valence-corrected chi connectivity index (χ3v) is 4.44. The van der Waals surface area contributed by atoms with E-state index in [1.807, 2.05) is 12.1 Å². The molecule has 1 saturated heterocycles. The number of nitrogens with one attached hydrogen (secondary N) is 1. The van der Waals surface area contributed by atoms with Gasteiger partial charge < -0.3 is 14.5 Å². The summed E-state index contributed by atoms with van der Waals surface area (Å²) in [5.41, 5.74) is 1.20. The average Bonchev–Trinajstić information content (AvgIpc) is 3.16. The van der Waals surface area contributed by atoms with Crippen molar-refractivity contribution >= 4 is 17.7 Å². The van der Waals surface area contributed by atoms with Gasteiger partial charge in [0.25, 0.3) is 5.22 Å². The number of hydrogen-bond acceptors (Lipinski definition) is 7. The van der Waals surface area contributed by atoms with Crippen molar-refractivity contribution in [1.82, 2.24) is 20.5 Å². The molecule has 1 amide bonds. The van der Waals surface area contributed by atoms with Gasteiger partial charge in [-0.2, -0.15) is 0 Å². The molecule has 0 radical (unpaired) electrons. The van der Waals surface area contributed by atoms with E-state index in [0.29, 0.717) is 24.3 Å². The molecule has 2 aromatic heterocycles. The van der Waals surface area contributed by atoms with E-state index in [1.165, 1.54) is 17.3 Å². The second kappa shape index (κ2) is 7.56. The van der Waals surface area contributed by atoms with Crippen LogP contribution in [0.4, 0.5) is 0 Å². The van der Waals surface area contributed by atoms with Gasteiger partial charge in [-0.1, -0.05) is 11.8 Å². The lowest BCUT2D eigenvalue weighted by Gasteiger charge is -2.18. The van der Waals surface area contributed by atoms with Crippen LogP contribution in [0.3, 0.4) is 0 Å². The minimum atomic E-state index is -0.0546. The van der Waals surface area contributed by atoms with Crippen LogP contribution >= 0.6 is 11.8 Å². The summed E-state index contributed by atoms with van der Waals surface area (Å²) in [5.74, 6) is 0.965. The number of aromatic nitrogens is 3. The van der Waals surface area contributed by atoms with Crippen LogP contribution < -0.4 is 5.32 Å². The molecule has 0 unspecified atom stereocenters. The first-order chi connectivity index (χ1) is 11.2. The van der Waals surface area contributed by atoms with Crippen LogP contribution in [0.1, 0.15) is 11.5 Å². The van der Waals surface area contributed by atoms with Gasteiger partial charge >= 0.3 is 0 Å². The van der Waals surface area contributed by atoms with Crippen molar-refractivity contribution in [1.29, 1.82) is 0 Å². The zero-order chi connectivity index (χ0) is 16.1. The molecule has 0 saturated carbocycles. The predicted octanol–water partition coefficient (Wildman–Crippen LogP) is 1.24. The fourth-order valence-electron chi connectivity index (χ4n) is 2.49. The van der Waals surface area contributed by atoms with Gasteiger partial charge in [0, 0.05) is 25.2 Å². The van der Waals surface area contributed by atoms with Gasteiger partial charge in [-0.3, -0.25) is 9.78 Å². The molecule has 2 aromatic rings. The lowest BCUT2D eigenvalue weighted by molar-refractivity contribution is -0.119. The summed E-state index contributed by atoms with van der Waals surface area (Å²) < 4.78 is 10.8. The quantitative estimate of drug-likeness (QED) is 0.795. The number of rotatable bonds is 6. The van der Waals surface area contributed by atoms with Gasteiger partial charge in [0.05, 0.1) is 25.0 Å². The molecular formula is C15H18N4O3S. The lowest BCUT2D eigenvalue weighted by atomic mass is 9.95. The van der Waals surface area contributed by atoms with Crippen LogP contribution in [0.2, 0.25) is 0 Å². The first kappa shape index (κ1) is 15.9. The summed E-state index contributed by atoms with van der Waals surface area (Å²) in [7, 11) is 0. The summed E-state index contributed by atoms with van der Waals surface area (Å²) in [6, 6.07) is 4.01. The van der Waals surface area contributed by atoms with E-state index in [2.05, 4.69) is 20.5 Å². The maximum absolute atomic E-state index is 12.1. The zero-order valence-corrected chi connectivity index (χ0v) is 13.6. The second-order valence-electron chi connectivity index (χ2n) is 5.41. The molecule has 23 heavy (non-hydrogen) atoms. The van der Waals surface area contributed by atoms with E-state index in [9.17, 15) is 4.79 Å². The molecule has 1 N–H and O–H groups in total. The molecule has 7 nitrogen and oxygen atoms in total. The van der Waals surface area contributed by atoms with E-state index in [4.69, 9.17) is 9.15 Å². The Morgan fingerprint density at radius 1 is 1.35 bits per heavy atom. The third kappa shape index (κ3) is 4.52. The van der Waals surface area contributed by atoms with Gasteiger partial charge in [-0.15, -0.1) is 10.2 Å². The highest BCUT2D eigenvalue weighted by atomic mass is 32.2. The number of hydrogen-bond donors (Lipinski definition) is 1. The first-order valence-electron chi connectivity index (χ1n) is 7.39. The molecular weight excluding hydrogens is 316 g/mol. The summed E-state index contributed by atoms with van der Waals surface area (Å²) >= 11 is 1.24.